The molecule has 0 saturated carbocycles. The third-order valence-electron chi connectivity index (χ3n) is 6.57. The second-order valence-electron chi connectivity index (χ2n) is 9.42. The van der Waals surface area contributed by atoms with Gasteiger partial charge >= 0.3 is 6.18 Å². The molecule has 3 N–H and O–H groups in total. The van der Waals surface area contributed by atoms with Gasteiger partial charge in [0.2, 0.25) is 0 Å². The van der Waals surface area contributed by atoms with Crippen molar-refractivity contribution in [3.05, 3.63) is 35.5 Å². The van der Waals surface area contributed by atoms with Gasteiger partial charge in [0.1, 0.15) is 30.3 Å². The van der Waals surface area contributed by atoms with Gasteiger partial charge in [-0.2, -0.15) is 13.2 Å². The van der Waals surface area contributed by atoms with Crippen LogP contribution in [-0.2, 0) is 11.2 Å². The maximum atomic E-state index is 13.5. The number of benzene rings is 1. The number of ether oxygens (including phenoxy) is 2. The van der Waals surface area contributed by atoms with Gasteiger partial charge in [-0.15, -0.1) is 0 Å². The number of nitrogens with zero attached hydrogens (tertiary/aromatic N) is 3. The van der Waals surface area contributed by atoms with Gasteiger partial charge in [-0.1, -0.05) is 12.1 Å². The highest BCUT2D eigenvalue weighted by Gasteiger charge is 2.42. The predicted octanol–water partition coefficient (Wildman–Crippen LogP) is 2.33. The van der Waals surface area contributed by atoms with Crippen LogP contribution in [0.5, 0.6) is 5.75 Å². The lowest BCUT2D eigenvalue weighted by Gasteiger charge is -2.36. The molecule has 4 rings (SSSR count). The van der Waals surface area contributed by atoms with Gasteiger partial charge in [0.05, 0.1) is 0 Å². The number of nitrogens with one attached hydrogen (secondary N) is 2. The van der Waals surface area contributed by atoms with Gasteiger partial charge in [-0.3, -0.25) is 0 Å². The van der Waals surface area contributed by atoms with Crippen molar-refractivity contribution in [1.82, 2.24) is 20.6 Å². The lowest BCUT2D eigenvalue weighted by atomic mass is 9.99. The van der Waals surface area contributed by atoms with Crippen LogP contribution in [0.3, 0.4) is 0 Å². The molecule has 2 aliphatic heterocycles. The molecular weight excluding hydrogens is 475 g/mol. The van der Waals surface area contributed by atoms with Crippen LogP contribution in [0.25, 0.3) is 11.4 Å². The van der Waals surface area contributed by atoms with Crippen LogP contribution in [0.1, 0.15) is 17.7 Å². The standard InChI is InChI=1S/C25H34F3N5O3/c1-16-21(10-17-6-9-35-14-17)31-23(18-4-3-5-20(11-18)36-15-19(34)12-29-2)32-24(16)33-8-7-30-22(13-33)25(26,27)28/h3-5,11,17,19,22,29-30,34H,6-10,12-15H2,1-2H3/t17-,19?,22?/m0/s1. The van der Waals surface area contributed by atoms with Crippen LogP contribution >= 0.6 is 0 Å². The van der Waals surface area contributed by atoms with Crippen LogP contribution in [0, 0.1) is 12.8 Å². The molecule has 2 aromatic rings. The van der Waals surface area contributed by atoms with Crippen molar-refractivity contribution in [3.63, 3.8) is 0 Å². The Hall–Kier alpha value is -2.47. The molecule has 0 amide bonds. The third kappa shape index (κ3) is 6.64. The highest BCUT2D eigenvalue weighted by Crippen LogP contribution is 2.31. The first kappa shape index (κ1) is 26.6. The first-order valence-corrected chi connectivity index (χ1v) is 12.3. The molecule has 1 aromatic heterocycles. The molecule has 36 heavy (non-hydrogen) atoms. The summed E-state index contributed by atoms with van der Waals surface area (Å²) in [6.45, 7) is 4.19. The van der Waals surface area contributed by atoms with Crippen molar-refractivity contribution in [3.8, 4) is 17.1 Å². The average Bonchev–Trinajstić information content (AvgIpc) is 3.37. The Kier molecular flexibility index (Phi) is 8.66. The zero-order valence-corrected chi connectivity index (χ0v) is 20.6. The molecule has 11 heteroatoms. The van der Waals surface area contributed by atoms with Gasteiger partial charge in [0, 0.05) is 56.2 Å². The topological polar surface area (TPSA) is 91.8 Å². The molecule has 1 aromatic carbocycles. The Balaban J connectivity index is 1.65. The first-order chi connectivity index (χ1) is 17.2. The number of aromatic nitrogens is 2. The molecule has 0 bridgehead atoms. The summed E-state index contributed by atoms with van der Waals surface area (Å²) >= 11 is 0. The summed E-state index contributed by atoms with van der Waals surface area (Å²) in [5.41, 5.74) is 2.32. The van der Waals surface area contributed by atoms with Gasteiger partial charge in [-0.05, 0) is 44.9 Å². The van der Waals surface area contributed by atoms with Crippen molar-refractivity contribution in [1.29, 1.82) is 0 Å². The Morgan fingerprint density at radius 3 is 2.89 bits per heavy atom. The maximum Gasteiger partial charge on any atom is 0.405 e. The monoisotopic (exact) mass is 509 g/mol. The summed E-state index contributed by atoms with van der Waals surface area (Å²) < 4.78 is 51.7. The van der Waals surface area contributed by atoms with Gasteiger partial charge in [0.25, 0.3) is 0 Å². The molecule has 0 spiro atoms. The number of alkyl halides is 3. The third-order valence-corrected chi connectivity index (χ3v) is 6.57. The number of rotatable bonds is 9. The molecule has 198 valence electrons. The molecule has 2 unspecified atom stereocenters. The molecule has 2 fully saturated rings. The average molecular weight is 510 g/mol. The predicted molar refractivity (Wildman–Crippen MR) is 130 cm³/mol. The molecule has 2 saturated heterocycles. The first-order valence-electron chi connectivity index (χ1n) is 12.3. The van der Waals surface area contributed by atoms with Gasteiger partial charge in [0.15, 0.2) is 5.82 Å². The number of anilines is 1. The van der Waals surface area contributed by atoms with Gasteiger partial charge < -0.3 is 30.1 Å². The molecular formula is C25H34F3N5O3. The highest BCUT2D eigenvalue weighted by molar-refractivity contribution is 5.62. The number of hydrogen-bond donors (Lipinski definition) is 3. The van der Waals surface area contributed by atoms with E-state index in [9.17, 15) is 18.3 Å². The van der Waals surface area contributed by atoms with E-state index in [1.54, 1.807) is 24.1 Å². The van der Waals surface area contributed by atoms with Crippen LogP contribution in [-0.4, -0.2) is 86.4 Å². The number of hydrogen-bond acceptors (Lipinski definition) is 8. The molecule has 3 heterocycles. The molecule has 2 aliphatic rings. The lowest BCUT2D eigenvalue weighted by Crippen LogP contribution is -2.57. The fourth-order valence-corrected chi connectivity index (χ4v) is 4.58. The molecule has 3 atom stereocenters. The second kappa shape index (κ2) is 11.7. The fourth-order valence-electron chi connectivity index (χ4n) is 4.58. The van der Waals surface area contributed by atoms with Crippen molar-refractivity contribution in [2.75, 3.05) is 57.9 Å². The van der Waals surface area contributed by atoms with Crippen LogP contribution < -0.4 is 20.3 Å². The van der Waals surface area contributed by atoms with Crippen LogP contribution in [0.2, 0.25) is 0 Å². The minimum Gasteiger partial charge on any atom is -0.491 e. The van der Waals surface area contributed by atoms with E-state index in [0.29, 0.717) is 61.6 Å². The van der Waals surface area contributed by atoms with E-state index in [4.69, 9.17) is 19.4 Å². The summed E-state index contributed by atoms with van der Waals surface area (Å²) in [7, 11) is 1.75. The number of aliphatic hydroxyl groups is 1. The molecule has 8 nitrogen and oxygen atoms in total. The van der Waals surface area contributed by atoms with Crippen LogP contribution in [0.15, 0.2) is 24.3 Å². The Morgan fingerprint density at radius 1 is 1.33 bits per heavy atom. The summed E-state index contributed by atoms with van der Waals surface area (Å²) in [5.74, 6) is 1.83. The van der Waals surface area contributed by atoms with E-state index in [1.807, 2.05) is 19.1 Å². The summed E-state index contributed by atoms with van der Waals surface area (Å²) in [6.07, 6.45) is -3.39. The number of likely N-dealkylation sites (N-methyl/N-ethyl adjacent to an activating group) is 1. The Morgan fingerprint density at radius 2 is 2.17 bits per heavy atom. The van der Waals surface area contributed by atoms with Gasteiger partial charge in [-0.25, -0.2) is 9.97 Å². The summed E-state index contributed by atoms with van der Waals surface area (Å²) in [6, 6.07) is 5.62. The van der Waals surface area contributed by atoms with Crippen LogP contribution in [0.4, 0.5) is 19.0 Å². The largest absolute Gasteiger partial charge is 0.491 e. The minimum atomic E-state index is -4.34. The van der Waals surface area contributed by atoms with Crippen molar-refractivity contribution < 1.29 is 27.8 Å². The number of halogens is 3. The lowest BCUT2D eigenvalue weighted by molar-refractivity contribution is -0.155. The van der Waals surface area contributed by atoms with E-state index < -0.39 is 18.3 Å². The molecule has 0 aliphatic carbocycles. The maximum absolute atomic E-state index is 13.5. The quantitative estimate of drug-likeness (QED) is 0.475. The van der Waals surface area contributed by atoms with E-state index >= 15 is 0 Å². The van der Waals surface area contributed by atoms with E-state index in [-0.39, 0.29) is 19.7 Å². The minimum absolute atomic E-state index is 0.122. The smallest absolute Gasteiger partial charge is 0.405 e. The Bertz CT molecular complexity index is 1020. The number of piperazine rings is 1. The van der Waals surface area contributed by atoms with Crippen molar-refractivity contribution >= 4 is 5.82 Å². The highest BCUT2D eigenvalue weighted by atomic mass is 19.4. The Labute approximate surface area is 209 Å². The zero-order valence-electron chi connectivity index (χ0n) is 20.6. The van der Waals surface area contributed by atoms with Crippen molar-refractivity contribution in [2.24, 2.45) is 5.92 Å². The van der Waals surface area contributed by atoms with E-state index in [2.05, 4.69) is 10.6 Å². The fraction of sp³-hybridized carbons (Fsp3) is 0.600. The zero-order chi connectivity index (χ0) is 25.7. The molecule has 0 radical (unpaired) electrons. The number of aliphatic hydroxyl groups excluding tert-OH is 1. The second-order valence-corrected chi connectivity index (χ2v) is 9.42. The summed E-state index contributed by atoms with van der Waals surface area (Å²) in [5, 5.41) is 15.4. The van der Waals surface area contributed by atoms with E-state index in [1.165, 1.54) is 0 Å². The van der Waals surface area contributed by atoms with Crippen molar-refractivity contribution in [2.45, 2.75) is 38.1 Å². The normalized spacial score (nSPS) is 21.6. The van der Waals surface area contributed by atoms with E-state index in [0.717, 1.165) is 17.7 Å². The SMILES string of the molecule is CNCC(O)COc1cccc(-c2nc(C[C@@H]3CCOC3)c(C)c(N3CCNC(C(F)(F)F)C3)n2)c1. The summed E-state index contributed by atoms with van der Waals surface area (Å²) in [4.78, 5) is 11.3.